The van der Waals surface area contributed by atoms with Gasteiger partial charge in [0.2, 0.25) is 0 Å². The first-order valence-corrected chi connectivity index (χ1v) is 6.33. The maximum absolute atomic E-state index is 13.7. The summed E-state index contributed by atoms with van der Waals surface area (Å²) in [7, 11) is 1.98. The number of anilines is 1. The lowest BCUT2D eigenvalue weighted by atomic mass is 9.83. The first-order valence-electron chi connectivity index (χ1n) is 6.33. The standard InChI is InChI=1S/C14H21FN2/c1-3-14(8-9-16-10-14)11-17(2)13-7-5-4-6-12(13)15/h4-7,16H,3,8-11H2,1-2H3. The quantitative estimate of drug-likeness (QED) is 0.864. The fourth-order valence-electron chi connectivity index (χ4n) is 2.69. The summed E-state index contributed by atoms with van der Waals surface area (Å²) in [5, 5.41) is 3.42. The van der Waals surface area contributed by atoms with Crippen molar-refractivity contribution in [3.63, 3.8) is 0 Å². The van der Waals surface area contributed by atoms with Crippen molar-refractivity contribution in [2.45, 2.75) is 19.8 Å². The lowest BCUT2D eigenvalue weighted by Crippen LogP contribution is -2.37. The molecule has 1 saturated heterocycles. The van der Waals surface area contributed by atoms with Crippen LogP contribution < -0.4 is 10.2 Å². The Morgan fingerprint density at radius 1 is 1.41 bits per heavy atom. The molecule has 1 aliphatic heterocycles. The molecule has 1 atom stereocenters. The van der Waals surface area contributed by atoms with E-state index in [0.29, 0.717) is 11.1 Å². The minimum Gasteiger partial charge on any atom is -0.372 e. The zero-order valence-electron chi connectivity index (χ0n) is 10.7. The third-order valence-electron chi connectivity index (χ3n) is 3.92. The molecule has 1 heterocycles. The van der Waals surface area contributed by atoms with Gasteiger partial charge in [0.25, 0.3) is 0 Å². The van der Waals surface area contributed by atoms with E-state index in [1.807, 2.05) is 24.1 Å². The van der Waals surface area contributed by atoms with Crippen LogP contribution in [0.5, 0.6) is 0 Å². The molecule has 0 bridgehead atoms. The van der Waals surface area contributed by atoms with E-state index in [2.05, 4.69) is 12.2 Å². The Morgan fingerprint density at radius 2 is 2.18 bits per heavy atom. The van der Waals surface area contributed by atoms with Crippen molar-refractivity contribution in [3.8, 4) is 0 Å². The SMILES string of the molecule is CCC1(CN(C)c2ccccc2F)CCNC1. The van der Waals surface area contributed by atoms with E-state index >= 15 is 0 Å². The number of hydrogen-bond acceptors (Lipinski definition) is 2. The molecule has 1 fully saturated rings. The van der Waals surface area contributed by atoms with E-state index in [9.17, 15) is 4.39 Å². The number of nitrogens with zero attached hydrogens (tertiary/aromatic N) is 1. The van der Waals surface area contributed by atoms with Crippen LogP contribution >= 0.6 is 0 Å². The number of rotatable bonds is 4. The summed E-state index contributed by atoms with van der Waals surface area (Å²) < 4.78 is 13.7. The summed E-state index contributed by atoms with van der Waals surface area (Å²) in [4.78, 5) is 2.05. The maximum atomic E-state index is 13.7. The molecule has 2 nitrogen and oxygen atoms in total. The van der Waals surface area contributed by atoms with E-state index in [-0.39, 0.29) is 5.82 Å². The zero-order chi connectivity index (χ0) is 12.3. The van der Waals surface area contributed by atoms with Crippen molar-refractivity contribution in [3.05, 3.63) is 30.1 Å². The smallest absolute Gasteiger partial charge is 0.146 e. The van der Waals surface area contributed by atoms with Gasteiger partial charge in [0.15, 0.2) is 0 Å². The predicted octanol–water partition coefficient (Wildman–Crippen LogP) is 2.65. The third-order valence-corrected chi connectivity index (χ3v) is 3.92. The van der Waals surface area contributed by atoms with E-state index in [0.717, 1.165) is 26.1 Å². The molecule has 1 N–H and O–H groups in total. The molecular formula is C14H21FN2. The number of para-hydroxylation sites is 1. The van der Waals surface area contributed by atoms with E-state index in [4.69, 9.17) is 0 Å². The first-order chi connectivity index (χ1) is 8.17. The Morgan fingerprint density at radius 3 is 2.76 bits per heavy atom. The van der Waals surface area contributed by atoms with Crippen molar-refractivity contribution in [2.24, 2.45) is 5.41 Å². The first kappa shape index (κ1) is 12.4. The Kier molecular flexibility index (Phi) is 3.67. The second kappa shape index (κ2) is 5.05. The van der Waals surface area contributed by atoms with Gasteiger partial charge in [-0.3, -0.25) is 0 Å². The third kappa shape index (κ3) is 2.60. The molecular weight excluding hydrogens is 215 g/mol. The molecule has 0 aromatic heterocycles. The summed E-state index contributed by atoms with van der Waals surface area (Å²) in [6, 6.07) is 7.00. The van der Waals surface area contributed by atoms with Gasteiger partial charge in [0.05, 0.1) is 5.69 Å². The normalized spacial score (nSPS) is 23.9. The lowest BCUT2D eigenvalue weighted by Gasteiger charge is -2.33. The van der Waals surface area contributed by atoms with Crippen molar-refractivity contribution in [1.29, 1.82) is 0 Å². The Labute approximate surface area is 103 Å². The fraction of sp³-hybridized carbons (Fsp3) is 0.571. The van der Waals surface area contributed by atoms with E-state index in [1.54, 1.807) is 6.07 Å². The topological polar surface area (TPSA) is 15.3 Å². The van der Waals surface area contributed by atoms with Crippen LogP contribution in [-0.2, 0) is 0 Å². The summed E-state index contributed by atoms with van der Waals surface area (Å²) in [5.41, 5.74) is 1.00. The van der Waals surface area contributed by atoms with Gasteiger partial charge >= 0.3 is 0 Å². The van der Waals surface area contributed by atoms with Crippen LogP contribution in [0.25, 0.3) is 0 Å². The summed E-state index contributed by atoms with van der Waals surface area (Å²) >= 11 is 0. The second-order valence-corrected chi connectivity index (χ2v) is 5.09. The molecule has 0 saturated carbocycles. The van der Waals surface area contributed by atoms with Gasteiger partial charge in [-0.25, -0.2) is 4.39 Å². The molecule has 94 valence electrons. The highest BCUT2D eigenvalue weighted by Gasteiger charge is 2.33. The van der Waals surface area contributed by atoms with Gasteiger partial charge in [-0.2, -0.15) is 0 Å². The molecule has 0 radical (unpaired) electrons. The van der Waals surface area contributed by atoms with Crippen LogP contribution in [0.1, 0.15) is 19.8 Å². The van der Waals surface area contributed by atoms with Crippen LogP contribution in [0.4, 0.5) is 10.1 Å². The van der Waals surface area contributed by atoms with E-state index in [1.165, 1.54) is 12.5 Å². The van der Waals surface area contributed by atoms with Gasteiger partial charge < -0.3 is 10.2 Å². The van der Waals surface area contributed by atoms with Gasteiger partial charge in [-0.05, 0) is 31.5 Å². The van der Waals surface area contributed by atoms with Crippen LogP contribution in [0.3, 0.4) is 0 Å². The molecule has 1 aromatic carbocycles. The Hall–Kier alpha value is -1.09. The predicted molar refractivity (Wildman–Crippen MR) is 69.9 cm³/mol. The van der Waals surface area contributed by atoms with Gasteiger partial charge in [-0.1, -0.05) is 19.1 Å². The molecule has 1 aromatic rings. The van der Waals surface area contributed by atoms with Crippen LogP contribution in [0, 0.1) is 11.2 Å². The minimum atomic E-state index is -0.132. The molecule has 1 unspecified atom stereocenters. The maximum Gasteiger partial charge on any atom is 0.146 e. The average Bonchev–Trinajstić information content (AvgIpc) is 2.79. The largest absolute Gasteiger partial charge is 0.372 e. The summed E-state index contributed by atoms with van der Waals surface area (Å²) in [6.07, 6.45) is 2.32. The highest BCUT2D eigenvalue weighted by molar-refractivity contribution is 5.47. The number of halogens is 1. The van der Waals surface area contributed by atoms with Gasteiger partial charge in [0.1, 0.15) is 5.82 Å². The van der Waals surface area contributed by atoms with Crippen LogP contribution in [-0.4, -0.2) is 26.7 Å². The van der Waals surface area contributed by atoms with Crippen molar-refractivity contribution in [2.75, 3.05) is 31.6 Å². The second-order valence-electron chi connectivity index (χ2n) is 5.09. The van der Waals surface area contributed by atoms with Crippen molar-refractivity contribution in [1.82, 2.24) is 5.32 Å². The average molecular weight is 236 g/mol. The molecule has 3 heteroatoms. The highest BCUT2D eigenvalue weighted by atomic mass is 19.1. The van der Waals surface area contributed by atoms with Crippen LogP contribution in [0.15, 0.2) is 24.3 Å². The Bertz CT molecular complexity index is 372. The minimum absolute atomic E-state index is 0.132. The molecule has 1 aliphatic rings. The molecule has 2 rings (SSSR count). The summed E-state index contributed by atoms with van der Waals surface area (Å²) in [6.45, 7) is 5.26. The number of nitrogens with one attached hydrogen (secondary N) is 1. The van der Waals surface area contributed by atoms with Gasteiger partial charge in [0, 0.05) is 25.6 Å². The van der Waals surface area contributed by atoms with Crippen molar-refractivity contribution < 1.29 is 4.39 Å². The molecule has 0 amide bonds. The molecule has 0 spiro atoms. The molecule has 0 aliphatic carbocycles. The number of hydrogen-bond donors (Lipinski definition) is 1. The monoisotopic (exact) mass is 236 g/mol. The highest BCUT2D eigenvalue weighted by Crippen LogP contribution is 2.32. The zero-order valence-corrected chi connectivity index (χ0v) is 10.7. The van der Waals surface area contributed by atoms with Crippen LogP contribution in [0.2, 0.25) is 0 Å². The van der Waals surface area contributed by atoms with Gasteiger partial charge in [-0.15, -0.1) is 0 Å². The lowest BCUT2D eigenvalue weighted by molar-refractivity contribution is 0.316. The molecule has 17 heavy (non-hydrogen) atoms. The Balaban J connectivity index is 2.11. The number of benzene rings is 1. The fourth-order valence-corrected chi connectivity index (χ4v) is 2.69. The van der Waals surface area contributed by atoms with Crippen molar-refractivity contribution >= 4 is 5.69 Å². The summed E-state index contributed by atoms with van der Waals surface area (Å²) in [5.74, 6) is -0.132. The van der Waals surface area contributed by atoms with E-state index < -0.39 is 0 Å².